The SMILES string of the molecule is CC(O)CC1CCCN1C(=O)/C=C/c1cc2ccccc2o1. The summed E-state index contributed by atoms with van der Waals surface area (Å²) in [6, 6.07) is 9.85. The molecular weight excluding hydrogens is 278 g/mol. The predicted molar refractivity (Wildman–Crippen MR) is 86.3 cm³/mol. The minimum atomic E-state index is -0.377. The van der Waals surface area contributed by atoms with Crippen LogP contribution in [0.4, 0.5) is 0 Å². The van der Waals surface area contributed by atoms with Crippen LogP contribution in [0.25, 0.3) is 17.0 Å². The number of carbonyl (C=O) groups excluding carboxylic acids is 1. The van der Waals surface area contributed by atoms with Crippen LogP contribution in [0.2, 0.25) is 0 Å². The lowest BCUT2D eigenvalue weighted by molar-refractivity contribution is -0.127. The second-order valence-corrected chi connectivity index (χ2v) is 5.93. The fraction of sp³-hybridized carbons (Fsp3) is 0.389. The summed E-state index contributed by atoms with van der Waals surface area (Å²) >= 11 is 0. The number of rotatable bonds is 4. The first kappa shape index (κ1) is 14.9. The van der Waals surface area contributed by atoms with E-state index in [1.165, 1.54) is 0 Å². The van der Waals surface area contributed by atoms with Crippen LogP contribution in [0.5, 0.6) is 0 Å². The number of aliphatic hydroxyl groups is 1. The van der Waals surface area contributed by atoms with Crippen molar-refractivity contribution in [3.63, 3.8) is 0 Å². The molecule has 2 unspecified atom stereocenters. The Bertz CT molecular complexity index is 653. The highest BCUT2D eigenvalue weighted by molar-refractivity contribution is 5.92. The van der Waals surface area contributed by atoms with E-state index in [2.05, 4.69) is 0 Å². The second-order valence-electron chi connectivity index (χ2n) is 5.93. The second kappa shape index (κ2) is 6.36. The topological polar surface area (TPSA) is 53.7 Å². The summed E-state index contributed by atoms with van der Waals surface area (Å²) in [6.45, 7) is 2.53. The summed E-state index contributed by atoms with van der Waals surface area (Å²) in [6.07, 6.45) is 5.52. The number of furan rings is 1. The molecule has 4 heteroatoms. The van der Waals surface area contributed by atoms with E-state index in [9.17, 15) is 9.90 Å². The molecule has 0 radical (unpaired) electrons. The van der Waals surface area contributed by atoms with Crippen LogP contribution in [-0.4, -0.2) is 34.6 Å². The van der Waals surface area contributed by atoms with Gasteiger partial charge in [0.15, 0.2) is 0 Å². The summed E-state index contributed by atoms with van der Waals surface area (Å²) in [5, 5.41) is 10.6. The van der Waals surface area contributed by atoms with Crippen LogP contribution in [0, 0.1) is 0 Å². The summed E-state index contributed by atoms with van der Waals surface area (Å²) in [7, 11) is 0. The molecule has 2 atom stereocenters. The number of benzene rings is 1. The maximum atomic E-state index is 12.3. The molecule has 0 spiro atoms. The summed E-state index contributed by atoms with van der Waals surface area (Å²) in [5.41, 5.74) is 0.822. The van der Waals surface area contributed by atoms with E-state index in [1.807, 2.05) is 35.2 Å². The van der Waals surface area contributed by atoms with Gasteiger partial charge in [0.1, 0.15) is 11.3 Å². The van der Waals surface area contributed by atoms with Crippen molar-refractivity contribution in [1.29, 1.82) is 0 Å². The first-order valence-electron chi connectivity index (χ1n) is 7.79. The number of para-hydroxylation sites is 1. The average Bonchev–Trinajstić information content (AvgIpc) is 3.10. The number of likely N-dealkylation sites (tertiary alicyclic amines) is 1. The van der Waals surface area contributed by atoms with Gasteiger partial charge in [0.2, 0.25) is 5.91 Å². The molecule has 1 fully saturated rings. The van der Waals surface area contributed by atoms with Crippen LogP contribution in [0.15, 0.2) is 40.8 Å². The van der Waals surface area contributed by atoms with Crippen molar-refractivity contribution in [2.24, 2.45) is 0 Å². The van der Waals surface area contributed by atoms with Gasteiger partial charge in [-0.3, -0.25) is 4.79 Å². The molecule has 2 aromatic rings. The van der Waals surface area contributed by atoms with E-state index in [0.29, 0.717) is 12.2 Å². The van der Waals surface area contributed by atoms with Gasteiger partial charge in [-0.05, 0) is 44.4 Å². The Labute approximate surface area is 130 Å². The van der Waals surface area contributed by atoms with Gasteiger partial charge in [-0.25, -0.2) is 0 Å². The van der Waals surface area contributed by atoms with E-state index in [4.69, 9.17) is 4.42 Å². The Hall–Kier alpha value is -2.07. The lowest BCUT2D eigenvalue weighted by atomic mass is 10.1. The minimum absolute atomic E-state index is 0.0105. The molecule has 1 aromatic heterocycles. The molecular formula is C18H21NO3. The highest BCUT2D eigenvalue weighted by Gasteiger charge is 2.28. The molecule has 116 valence electrons. The smallest absolute Gasteiger partial charge is 0.246 e. The van der Waals surface area contributed by atoms with Crippen LogP contribution in [-0.2, 0) is 4.79 Å². The molecule has 0 aliphatic carbocycles. The van der Waals surface area contributed by atoms with Crippen LogP contribution < -0.4 is 0 Å². The molecule has 1 aliphatic rings. The molecule has 22 heavy (non-hydrogen) atoms. The first-order valence-corrected chi connectivity index (χ1v) is 7.79. The summed E-state index contributed by atoms with van der Waals surface area (Å²) in [5.74, 6) is 0.671. The largest absolute Gasteiger partial charge is 0.457 e. The Balaban J connectivity index is 1.70. The first-order chi connectivity index (χ1) is 10.6. The van der Waals surface area contributed by atoms with Crippen molar-refractivity contribution < 1.29 is 14.3 Å². The molecule has 1 aliphatic heterocycles. The molecule has 1 aromatic carbocycles. The molecule has 1 N–H and O–H groups in total. The van der Waals surface area contributed by atoms with Crippen molar-refractivity contribution in [2.45, 2.75) is 38.3 Å². The molecule has 3 rings (SSSR count). The average molecular weight is 299 g/mol. The molecule has 1 amide bonds. The normalized spacial score (nSPS) is 20.1. The number of amides is 1. The Morgan fingerprint density at radius 1 is 1.50 bits per heavy atom. The van der Waals surface area contributed by atoms with Gasteiger partial charge in [-0.15, -0.1) is 0 Å². The van der Waals surface area contributed by atoms with E-state index in [0.717, 1.165) is 30.4 Å². The van der Waals surface area contributed by atoms with E-state index < -0.39 is 0 Å². The van der Waals surface area contributed by atoms with Crippen molar-refractivity contribution in [1.82, 2.24) is 4.90 Å². The van der Waals surface area contributed by atoms with Gasteiger partial charge in [-0.2, -0.15) is 0 Å². The molecule has 0 saturated carbocycles. The van der Waals surface area contributed by atoms with E-state index in [-0.39, 0.29) is 18.1 Å². The summed E-state index contributed by atoms with van der Waals surface area (Å²) < 4.78 is 5.67. The van der Waals surface area contributed by atoms with Gasteiger partial charge in [0, 0.05) is 24.0 Å². The lowest BCUT2D eigenvalue weighted by Crippen LogP contribution is -2.36. The van der Waals surface area contributed by atoms with Gasteiger partial charge in [-0.1, -0.05) is 18.2 Å². The lowest BCUT2D eigenvalue weighted by Gasteiger charge is -2.24. The zero-order chi connectivity index (χ0) is 15.5. The highest BCUT2D eigenvalue weighted by atomic mass is 16.3. The van der Waals surface area contributed by atoms with Crippen LogP contribution in [0.3, 0.4) is 0 Å². The van der Waals surface area contributed by atoms with E-state index >= 15 is 0 Å². The van der Waals surface area contributed by atoms with Crippen molar-refractivity contribution in [3.8, 4) is 0 Å². The number of hydrogen-bond acceptors (Lipinski definition) is 3. The molecule has 1 saturated heterocycles. The third-order valence-electron chi connectivity index (χ3n) is 4.11. The molecule has 0 bridgehead atoms. The fourth-order valence-corrected chi connectivity index (χ4v) is 3.10. The highest BCUT2D eigenvalue weighted by Crippen LogP contribution is 2.23. The Morgan fingerprint density at radius 3 is 3.09 bits per heavy atom. The number of nitrogens with zero attached hydrogens (tertiary/aromatic N) is 1. The monoisotopic (exact) mass is 299 g/mol. The number of carbonyl (C=O) groups is 1. The maximum absolute atomic E-state index is 12.3. The summed E-state index contributed by atoms with van der Waals surface area (Å²) in [4.78, 5) is 14.2. The quantitative estimate of drug-likeness (QED) is 0.882. The third-order valence-corrected chi connectivity index (χ3v) is 4.11. The zero-order valence-electron chi connectivity index (χ0n) is 12.7. The predicted octanol–water partition coefficient (Wildman–Crippen LogP) is 3.21. The minimum Gasteiger partial charge on any atom is -0.457 e. The standard InChI is InChI=1S/C18H21NO3/c1-13(20)11-15-6-4-10-19(15)18(21)9-8-16-12-14-5-2-3-7-17(14)22-16/h2-3,5,7-9,12-13,15,20H,4,6,10-11H2,1H3/b9-8+. The zero-order valence-corrected chi connectivity index (χ0v) is 12.7. The fourth-order valence-electron chi connectivity index (χ4n) is 3.10. The van der Waals surface area contributed by atoms with Crippen molar-refractivity contribution in [2.75, 3.05) is 6.54 Å². The number of aliphatic hydroxyl groups excluding tert-OH is 1. The Morgan fingerprint density at radius 2 is 2.32 bits per heavy atom. The third kappa shape index (κ3) is 3.22. The van der Waals surface area contributed by atoms with Crippen molar-refractivity contribution in [3.05, 3.63) is 42.2 Å². The van der Waals surface area contributed by atoms with Crippen LogP contribution in [0.1, 0.15) is 31.9 Å². The van der Waals surface area contributed by atoms with Crippen LogP contribution >= 0.6 is 0 Å². The number of hydrogen-bond donors (Lipinski definition) is 1. The molecule has 4 nitrogen and oxygen atoms in total. The molecule has 2 heterocycles. The number of fused-ring (bicyclic) bond motifs is 1. The van der Waals surface area contributed by atoms with E-state index in [1.54, 1.807) is 19.1 Å². The maximum Gasteiger partial charge on any atom is 0.246 e. The van der Waals surface area contributed by atoms with Gasteiger partial charge in [0.25, 0.3) is 0 Å². The van der Waals surface area contributed by atoms with Gasteiger partial charge < -0.3 is 14.4 Å². The Kier molecular flexibility index (Phi) is 4.29. The van der Waals surface area contributed by atoms with Crippen molar-refractivity contribution >= 4 is 23.0 Å². The van der Waals surface area contributed by atoms with Gasteiger partial charge >= 0.3 is 0 Å². The van der Waals surface area contributed by atoms with Gasteiger partial charge in [0.05, 0.1) is 6.10 Å².